The summed E-state index contributed by atoms with van der Waals surface area (Å²) in [6.07, 6.45) is 0. The Morgan fingerprint density at radius 2 is 2.11 bits per heavy atom. The van der Waals surface area contributed by atoms with Gasteiger partial charge in [0.2, 0.25) is 0 Å². The van der Waals surface area contributed by atoms with Gasteiger partial charge in [-0.15, -0.1) is 0 Å². The van der Waals surface area contributed by atoms with E-state index in [9.17, 15) is 10.1 Å². The van der Waals surface area contributed by atoms with Gasteiger partial charge in [-0.25, -0.2) is 4.68 Å². The van der Waals surface area contributed by atoms with Gasteiger partial charge in [0.05, 0.1) is 4.92 Å². The fourth-order valence-electron chi connectivity index (χ4n) is 1.78. The Kier molecular flexibility index (Phi) is 3.57. The number of nitro groups is 1. The second kappa shape index (κ2) is 5.00. The summed E-state index contributed by atoms with van der Waals surface area (Å²) >= 11 is 3.36. The molecule has 0 aliphatic carbocycles. The molecule has 0 bridgehead atoms. The van der Waals surface area contributed by atoms with Crippen molar-refractivity contribution in [2.75, 3.05) is 0 Å². The van der Waals surface area contributed by atoms with Crippen LogP contribution in [0.2, 0.25) is 0 Å². The van der Waals surface area contributed by atoms with Crippen LogP contribution in [0.25, 0.3) is 0 Å². The second-order valence-electron chi connectivity index (χ2n) is 4.13. The van der Waals surface area contributed by atoms with E-state index in [1.165, 1.54) is 4.68 Å². The zero-order chi connectivity index (χ0) is 14.2. The average molecular weight is 326 g/mol. The van der Waals surface area contributed by atoms with Gasteiger partial charge in [0.25, 0.3) is 5.88 Å². The van der Waals surface area contributed by atoms with Crippen LogP contribution < -0.4 is 4.74 Å². The molecule has 0 radical (unpaired) electrons. The highest BCUT2D eigenvalue weighted by Gasteiger charge is 2.26. The van der Waals surface area contributed by atoms with Gasteiger partial charge in [-0.3, -0.25) is 10.1 Å². The monoisotopic (exact) mass is 325 g/mol. The van der Waals surface area contributed by atoms with Crippen LogP contribution in [-0.2, 0) is 7.05 Å². The van der Waals surface area contributed by atoms with E-state index >= 15 is 0 Å². The highest BCUT2D eigenvalue weighted by Crippen LogP contribution is 2.35. The van der Waals surface area contributed by atoms with Crippen molar-refractivity contribution in [2.24, 2.45) is 7.05 Å². The van der Waals surface area contributed by atoms with E-state index < -0.39 is 4.92 Å². The molecule has 7 heteroatoms. The van der Waals surface area contributed by atoms with Crippen LogP contribution in [0.4, 0.5) is 5.69 Å². The Morgan fingerprint density at radius 3 is 2.68 bits per heavy atom. The third-order valence-electron chi connectivity index (χ3n) is 2.67. The molecule has 0 saturated carbocycles. The predicted octanol–water partition coefficient (Wildman–Crippen LogP) is 3.50. The van der Waals surface area contributed by atoms with Crippen molar-refractivity contribution in [3.05, 3.63) is 44.0 Å². The van der Waals surface area contributed by atoms with E-state index in [-0.39, 0.29) is 11.6 Å². The van der Waals surface area contributed by atoms with Crippen LogP contribution in [-0.4, -0.2) is 14.7 Å². The molecule has 1 aromatic heterocycles. The van der Waals surface area contributed by atoms with Crippen LogP contribution >= 0.6 is 15.9 Å². The largest absolute Gasteiger partial charge is 0.434 e. The highest BCUT2D eigenvalue weighted by molar-refractivity contribution is 9.10. The minimum Gasteiger partial charge on any atom is -0.434 e. The lowest BCUT2D eigenvalue weighted by molar-refractivity contribution is -0.386. The first-order valence-corrected chi connectivity index (χ1v) is 6.31. The van der Waals surface area contributed by atoms with Crippen molar-refractivity contribution >= 4 is 21.6 Å². The minimum absolute atomic E-state index is 0.107. The predicted molar refractivity (Wildman–Crippen MR) is 73.6 cm³/mol. The summed E-state index contributed by atoms with van der Waals surface area (Å²) in [5.41, 5.74) is 1.10. The van der Waals surface area contributed by atoms with Gasteiger partial charge in [-0.1, -0.05) is 15.9 Å². The van der Waals surface area contributed by atoms with Crippen LogP contribution in [0.15, 0.2) is 22.7 Å². The van der Waals surface area contributed by atoms with E-state index in [1.54, 1.807) is 20.0 Å². The first-order valence-electron chi connectivity index (χ1n) is 5.52. The number of hydrogen-bond acceptors (Lipinski definition) is 4. The molecule has 0 saturated heterocycles. The molecule has 1 heterocycles. The summed E-state index contributed by atoms with van der Waals surface area (Å²) in [6, 6.07) is 5.45. The summed E-state index contributed by atoms with van der Waals surface area (Å²) in [5.74, 6) is 0.697. The summed E-state index contributed by atoms with van der Waals surface area (Å²) < 4.78 is 7.94. The van der Waals surface area contributed by atoms with E-state index in [2.05, 4.69) is 21.0 Å². The van der Waals surface area contributed by atoms with Gasteiger partial charge >= 0.3 is 5.69 Å². The Bertz CT molecular complexity index is 652. The van der Waals surface area contributed by atoms with Gasteiger partial charge in [0.1, 0.15) is 11.4 Å². The second-order valence-corrected chi connectivity index (χ2v) is 5.05. The van der Waals surface area contributed by atoms with Crippen molar-refractivity contribution in [3.63, 3.8) is 0 Å². The van der Waals surface area contributed by atoms with Crippen molar-refractivity contribution in [2.45, 2.75) is 13.8 Å². The number of nitrogens with zero attached hydrogens (tertiary/aromatic N) is 3. The SMILES string of the molecule is Cc1cc(Br)ccc1Oc1c([N+](=O)[O-])c(C)nn1C. The zero-order valence-corrected chi connectivity index (χ0v) is 12.3. The molecule has 0 aliphatic rings. The smallest absolute Gasteiger partial charge is 0.353 e. The van der Waals surface area contributed by atoms with Gasteiger partial charge in [-0.2, -0.15) is 5.10 Å². The quantitative estimate of drug-likeness (QED) is 0.639. The molecule has 0 spiro atoms. The molecule has 2 aromatic rings. The number of aromatic nitrogens is 2. The Hall–Kier alpha value is -1.89. The maximum Gasteiger partial charge on any atom is 0.353 e. The van der Waals surface area contributed by atoms with Crippen LogP contribution in [0.1, 0.15) is 11.3 Å². The third kappa shape index (κ3) is 2.60. The first-order chi connectivity index (χ1) is 8.90. The van der Waals surface area contributed by atoms with Gasteiger partial charge < -0.3 is 4.74 Å². The van der Waals surface area contributed by atoms with E-state index in [0.717, 1.165) is 10.0 Å². The van der Waals surface area contributed by atoms with Gasteiger partial charge in [-0.05, 0) is 37.6 Å². The normalized spacial score (nSPS) is 10.5. The number of benzene rings is 1. The molecule has 0 amide bonds. The third-order valence-corrected chi connectivity index (χ3v) is 3.16. The molecular weight excluding hydrogens is 314 g/mol. The summed E-state index contributed by atoms with van der Waals surface area (Å²) in [4.78, 5) is 10.6. The molecule has 100 valence electrons. The fourth-order valence-corrected chi connectivity index (χ4v) is 2.26. The number of hydrogen-bond donors (Lipinski definition) is 0. The highest BCUT2D eigenvalue weighted by atomic mass is 79.9. The number of ether oxygens (including phenoxy) is 1. The van der Waals surface area contributed by atoms with Crippen molar-refractivity contribution < 1.29 is 9.66 Å². The maximum atomic E-state index is 11.0. The summed E-state index contributed by atoms with van der Waals surface area (Å²) in [5, 5.41) is 15.1. The Labute approximate surface area is 118 Å². The lowest BCUT2D eigenvalue weighted by Crippen LogP contribution is -1.98. The molecular formula is C12H12BrN3O3. The molecule has 1 aromatic carbocycles. The maximum absolute atomic E-state index is 11.0. The van der Waals surface area contributed by atoms with E-state index in [4.69, 9.17) is 4.74 Å². The number of rotatable bonds is 3. The van der Waals surface area contributed by atoms with Crippen molar-refractivity contribution in [3.8, 4) is 11.6 Å². The zero-order valence-electron chi connectivity index (χ0n) is 10.7. The molecule has 0 atom stereocenters. The molecule has 0 unspecified atom stereocenters. The van der Waals surface area contributed by atoms with E-state index in [1.807, 2.05) is 19.1 Å². The summed E-state index contributed by atoms with van der Waals surface area (Å²) in [6.45, 7) is 3.45. The lowest BCUT2D eigenvalue weighted by Gasteiger charge is -2.08. The van der Waals surface area contributed by atoms with Gasteiger partial charge in [0.15, 0.2) is 0 Å². The van der Waals surface area contributed by atoms with Crippen molar-refractivity contribution in [1.29, 1.82) is 0 Å². The van der Waals surface area contributed by atoms with Crippen LogP contribution in [0.3, 0.4) is 0 Å². The molecule has 2 rings (SSSR count). The molecule has 0 aliphatic heterocycles. The minimum atomic E-state index is -0.480. The summed E-state index contributed by atoms with van der Waals surface area (Å²) in [7, 11) is 1.61. The van der Waals surface area contributed by atoms with Gasteiger partial charge in [0, 0.05) is 11.5 Å². The van der Waals surface area contributed by atoms with Crippen LogP contribution in [0.5, 0.6) is 11.6 Å². The molecule has 0 N–H and O–H groups in total. The molecule has 0 fully saturated rings. The Morgan fingerprint density at radius 1 is 1.42 bits per heavy atom. The van der Waals surface area contributed by atoms with E-state index in [0.29, 0.717) is 11.4 Å². The lowest BCUT2D eigenvalue weighted by atomic mass is 10.2. The number of halogens is 1. The molecule has 6 nitrogen and oxygen atoms in total. The Balaban J connectivity index is 2.46. The standard InChI is InChI=1S/C12H12BrN3O3/c1-7-6-9(13)4-5-10(7)19-12-11(16(17)18)8(2)14-15(12)3/h4-6H,1-3H3. The topological polar surface area (TPSA) is 70.2 Å². The fraction of sp³-hybridized carbons (Fsp3) is 0.250. The number of aryl methyl sites for hydroxylation is 3. The molecule has 19 heavy (non-hydrogen) atoms. The first kappa shape index (κ1) is 13.5. The van der Waals surface area contributed by atoms with Crippen LogP contribution in [0, 0.1) is 24.0 Å². The average Bonchev–Trinajstić information content (AvgIpc) is 2.57. The van der Waals surface area contributed by atoms with Crippen molar-refractivity contribution in [1.82, 2.24) is 9.78 Å².